The Morgan fingerprint density at radius 3 is 2.74 bits per heavy atom. The van der Waals surface area contributed by atoms with Gasteiger partial charge >= 0.3 is 0 Å². The fourth-order valence-corrected chi connectivity index (χ4v) is 4.60. The molecule has 3 rings (SSSR count). The van der Waals surface area contributed by atoms with Gasteiger partial charge in [0, 0.05) is 38.2 Å². The summed E-state index contributed by atoms with van der Waals surface area (Å²) in [6.07, 6.45) is 10.0. The van der Waals surface area contributed by atoms with Crippen LogP contribution in [0.4, 0.5) is 0 Å². The van der Waals surface area contributed by atoms with Gasteiger partial charge in [-0.15, -0.1) is 6.58 Å². The van der Waals surface area contributed by atoms with Crippen molar-refractivity contribution in [3.8, 4) is 0 Å². The Balaban J connectivity index is 1.53. The normalized spacial score (nSPS) is 33.3. The van der Waals surface area contributed by atoms with Crippen LogP contribution in [0.2, 0.25) is 0 Å². The quantitative estimate of drug-likeness (QED) is 0.531. The molecule has 4 heteroatoms. The lowest BCUT2D eigenvalue weighted by molar-refractivity contribution is -0.151. The van der Waals surface area contributed by atoms with Crippen molar-refractivity contribution in [3.63, 3.8) is 0 Å². The van der Waals surface area contributed by atoms with Crippen LogP contribution in [0.3, 0.4) is 0 Å². The maximum atomic E-state index is 6.12. The Kier molecular flexibility index (Phi) is 6.52. The van der Waals surface area contributed by atoms with Gasteiger partial charge in [-0.05, 0) is 45.2 Å². The van der Waals surface area contributed by atoms with E-state index in [0.29, 0.717) is 12.7 Å². The standard InChI is InChI=1S/C19H34N2O2/c1-2-14-22-17-19-8-6-15-23-18(19)7-11-21(16-19)13-12-20-9-4-3-5-10-20/h2,18H,1,3-17H2/t18-,19+/m0/s1. The van der Waals surface area contributed by atoms with Crippen molar-refractivity contribution >= 4 is 0 Å². The van der Waals surface area contributed by atoms with Crippen LogP contribution in [0.1, 0.15) is 38.5 Å². The predicted octanol–water partition coefficient (Wildman–Crippen LogP) is 2.55. The van der Waals surface area contributed by atoms with Crippen LogP contribution in [0.15, 0.2) is 12.7 Å². The lowest BCUT2D eigenvalue weighted by Crippen LogP contribution is -2.57. The molecule has 0 aromatic rings. The Hall–Kier alpha value is -0.420. The highest BCUT2D eigenvalue weighted by Crippen LogP contribution is 2.40. The molecular formula is C19H34N2O2. The number of hydrogen-bond donors (Lipinski definition) is 0. The van der Waals surface area contributed by atoms with Gasteiger partial charge in [0.2, 0.25) is 0 Å². The molecule has 2 atom stereocenters. The van der Waals surface area contributed by atoms with E-state index >= 15 is 0 Å². The van der Waals surface area contributed by atoms with Gasteiger partial charge in [-0.3, -0.25) is 0 Å². The molecule has 3 fully saturated rings. The second-order valence-electron chi connectivity index (χ2n) is 7.60. The highest BCUT2D eigenvalue weighted by atomic mass is 16.5. The van der Waals surface area contributed by atoms with E-state index in [9.17, 15) is 0 Å². The first-order chi connectivity index (χ1) is 11.3. The smallest absolute Gasteiger partial charge is 0.0677 e. The number of piperidine rings is 2. The van der Waals surface area contributed by atoms with E-state index in [-0.39, 0.29) is 5.41 Å². The molecule has 4 nitrogen and oxygen atoms in total. The highest BCUT2D eigenvalue weighted by molar-refractivity contribution is 4.97. The summed E-state index contributed by atoms with van der Waals surface area (Å²) in [5.41, 5.74) is 0.210. The van der Waals surface area contributed by atoms with Crippen molar-refractivity contribution in [1.82, 2.24) is 9.80 Å². The summed E-state index contributed by atoms with van der Waals surface area (Å²) in [6, 6.07) is 0. The second-order valence-corrected chi connectivity index (χ2v) is 7.60. The molecule has 3 saturated heterocycles. The van der Waals surface area contributed by atoms with Gasteiger partial charge in [0.15, 0.2) is 0 Å². The van der Waals surface area contributed by atoms with Crippen LogP contribution < -0.4 is 0 Å². The van der Waals surface area contributed by atoms with Crippen LogP contribution in [0.5, 0.6) is 0 Å². The summed E-state index contributed by atoms with van der Waals surface area (Å²) in [5.74, 6) is 0. The largest absolute Gasteiger partial charge is 0.377 e. The van der Waals surface area contributed by atoms with Crippen molar-refractivity contribution in [1.29, 1.82) is 0 Å². The van der Waals surface area contributed by atoms with Gasteiger partial charge in [0.25, 0.3) is 0 Å². The van der Waals surface area contributed by atoms with Gasteiger partial charge in [0.1, 0.15) is 0 Å². The van der Waals surface area contributed by atoms with Crippen LogP contribution in [0, 0.1) is 5.41 Å². The molecule has 0 aromatic heterocycles. The number of likely N-dealkylation sites (tertiary alicyclic amines) is 2. The molecule has 0 aliphatic carbocycles. The third-order valence-electron chi connectivity index (χ3n) is 5.87. The van der Waals surface area contributed by atoms with Crippen molar-refractivity contribution in [2.24, 2.45) is 5.41 Å². The molecule has 0 aromatic carbocycles. The molecule has 0 N–H and O–H groups in total. The van der Waals surface area contributed by atoms with Gasteiger partial charge < -0.3 is 19.3 Å². The van der Waals surface area contributed by atoms with E-state index in [1.165, 1.54) is 64.8 Å². The molecule has 0 unspecified atom stereocenters. The molecule has 0 bridgehead atoms. The molecule has 0 amide bonds. The minimum Gasteiger partial charge on any atom is -0.377 e. The first kappa shape index (κ1) is 17.4. The maximum absolute atomic E-state index is 6.12. The van der Waals surface area contributed by atoms with Gasteiger partial charge in [-0.1, -0.05) is 12.5 Å². The number of ether oxygens (including phenoxy) is 2. The number of hydrogen-bond acceptors (Lipinski definition) is 4. The number of nitrogens with zero attached hydrogens (tertiary/aromatic N) is 2. The van der Waals surface area contributed by atoms with E-state index in [0.717, 1.165) is 26.2 Å². The molecule has 0 radical (unpaired) electrons. The van der Waals surface area contributed by atoms with Gasteiger partial charge in [-0.2, -0.15) is 0 Å². The van der Waals surface area contributed by atoms with E-state index in [1.807, 2.05) is 6.08 Å². The van der Waals surface area contributed by atoms with E-state index in [4.69, 9.17) is 9.47 Å². The molecule has 132 valence electrons. The zero-order valence-corrected chi connectivity index (χ0v) is 14.7. The Morgan fingerprint density at radius 1 is 1.09 bits per heavy atom. The summed E-state index contributed by atoms with van der Waals surface area (Å²) in [7, 11) is 0. The Bertz CT molecular complexity index is 370. The van der Waals surface area contributed by atoms with Crippen LogP contribution in [-0.2, 0) is 9.47 Å². The second kappa shape index (κ2) is 8.61. The summed E-state index contributed by atoms with van der Waals surface area (Å²) >= 11 is 0. The van der Waals surface area contributed by atoms with Crippen molar-refractivity contribution < 1.29 is 9.47 Å². The molecule has 23 heavy (non-hydrogen) atoms. The summed E-state index contributed by atoms with van der Waals surface area (Å²) in [4.78, 5) is 5.31. The van der Waals surface area contributed by atoms with Crippen molar-refractivity contribution in [2.75, 3.05) is 59.1 Å². The predicted molar refractivity (Wildman–Crippen MR) is 93.8 cm³/mol. The molecule has 0 saturated carbocycles. The highest BCUT2D eigenvalue weighted by Gasteiger charge is 2.45. The van der Waals surface area contributed by atoms with E-state index in [1.54, 1.807) is 0 Å². The topological polar surface area (TPSA) is 24.9 Å². The lowest BCUT2D eigenvalue weighted by Gasteiger charge is -2.50. The minimum atomic E-state index is 0.210. The van der Waals surface area contributed by atoms with E-state index < -0.39 is 0 Å². The summed E-state index contributed by atoms with van der Waals surface area (Å²) < 4.78 is 12.0. The zero-order chi connectivity index (χ0) is 16.0. The average molecular weight is 322 g/mol. The zero-order valence-electron chi connectivity index (χ0n) is 14.7. The minimum absolute atomic E-state index is 0.210. The van der Waals surface area contributed by atoms with E-state index in [2.05, 4.69) is 16.4 Å². The Morgan fingerprint density at radius 2 is 1.91 bits per heavy atom. The fraction of sp³-hybridized carbons (Fsp3) is 0.895. The molecular weight excluding hydrogens is 288 g/mol. The lowest BCUT2D eigenvalue weighted by atomic mass is 9.73. The van der Waals surface area contributed by atoms with Gasteiger partial charge in [0.05, 0.1) is 19.3 Å². The Labute approximate surface area is 141 Å². The van der Waals surface area contributed by atoms with Crippen molar-refractivity contribution in [2.45, 2.75) is 44.6 Å². The SMILES string of the molecule is C=CCOC[C@]12CCCO[C@H]1CCN(CCN1CCCCC1)C2. The van der Waals surface area contributed by atoms with Crippen LogP contribution >= 0.6 is 0 Å². The fourth-order valence-electron chi connectivity index (χ4n) is 4.60. The number of fused-ring (bicyclic) bond motifs is 1. The summed E-state index contributed by atoms with van der Waals surface area (Å²) in [5, 5.41) is 0. The van der Waals surface area contributed by atoms with Crippen molar-refractivity contribution in [3.05, 3.63) is 12.7 Å². The third kappa shape index (κ3) is 4.56. The molecule has 3 aliphatic rings. The van der Waals surface area contributed by atoms with Gasteiger partial charge in [-0.25, -0.2) is 0 Å². The maximum Gasteiger partial charge on any atom is 0.0677 e. The average Bonchev–Trinajstić information content (AvgIpc) is 2.61. The molecule has 3 heterocycles. The first-order valence-electron chi connectivity index (χ1n) is 9.57. The van der Waals surface area contributed by atoms with Crippen LogP contribution in [-0.4, -0.2) is 75.0 Å². The van der Waals surface area contributed by atoms with Crippen LogP contribution in [0.25, 0.3) is 0 Å². The third-order valence-corrected chi connectivity index (χ3v) is 5.87. The first-order valence-corrected chi connectivity index (χ1v) is 9.57. The molecule has 0 spiro atoms. The summed E-state index contributed by atoms with van der Waals surface area (Å²) in [6.45, 7) is 13.5. The number of rotatable bonds is 7. The molecule has 3 aliphatic heterocycles. The monoisotopic (exact) mass is 322 g/mol.